The molecule has 0 amide bonds. The molecule has 1 aromatic carbocycles. The van der Waals surface area contributed by atoms with Gasteiger partial charge in [-0.15, -0.1) is 0 Å². The summed E-state index contributed by atoms with van der Waals surface area (Å²) < 4.78 is 26.0. The predicted octanol–water partition coefficient (Wildman–Crippen LogP) is 2.88. The molecule has 2 N–H and O–H groups in total. The van der Waals surface area contributed by atoms with Crippen molar-refractivity contribution in [3.05, 3.63) is 35.4 Å². The van der Waals surface area contributed by atoms with Gasteiger partial charge in [0.05, 0.1) is 0 Å². The molecule has 0 heterocycles. The molecule has 0 fully saturated rings. The molecule has 1 nitrogen and oxygen atoms in total. The van der Waals surface area contributed by atoms with Crippen LogP contribution in [0.15, 0.2) is 18.2 Å². The van der Waals surface area contributed by atoms with Gasteiger partial charge in [0, 0.05) is 11.3 Å². The van der Waals surface area contributed by atoms with Gasteiger partial charge in [-0.3, -0.25) is 0 Å². The van der Waals surface area contributed by atoms with Crippen LogP contribution in [0.4, 0.5) is 14.5 Å². The number of benzene rings is 1. The van der Waals surface area contributed by atoms with Crippen molar-refractivity contribution in [3.63, 3.8) is 0 Å². The summed E-state index contributed by atoms with van der Waals surface area (Å²) in [6.07, 6.45) is 3.88. The molecule has 0 radical (unpaired) electrons. The van der Waals surface area contributed by atoms with Crippen molar-refractivity contribution in [1.82, 2.24) is 0 Å². The second kappa shape index (κ2) is 5.00. The third-order valence-corrected chi connectivity index (χ3v) is 2.00. The second-order valence-electron chi connectivity index (χ2n) is 2.78. The fourth-order valence-corrected chi connectivity index (χ4v) is 1.18. The lowest BCUT2D eigenvalue weighted by atomic mass is 10.1. The van der Waals surface area contributed by atoms with Crippen LogP contribution in [0.25, 0.3) is 6.08 Å². The third-order valence-electron chi connectivity index (χ3n) is 1.75. The molecule has 0 bridgehead atoms. The number of nitrogen functional groups attached to an aromatic ring is 1. The molecule has 14 heavy (non-hydrogen) atoms. The topological polar surface area (TPSA) is 26.0 Å². The van der Waals surface area contributed by atoms with E-state index in [9.17, 15) is 8.78 Å². The van der Waals surface area contributed by atoms with Crippen LogP contribution in [-0.4, -0.2) is 5.75 Å². The number of thiol groups is 1. The number of allylic oxidation sites excluding steroid dienone is 1. The van der Waals surface area contributed by atoms with Gasteiger partial charge >= 0.3 is 0 Å². The lowest BCUT2D eigenvalue weighted by molar-refractivity contribution is 0.507. The Labute approximate surface area is 87.0 Å². The summed E-state index contributed by atoms with van der Waals surface area (Å²) in [5.74, 6) is -1.13. The van der Waals surface area contributed by atoms with Gasteiger partial charge < -0.3 is 5.73 Å². The Hall–Kier alpha value is -1.03. The highest BCUT2D eigenvalue weighted by molar-refractivity contribution is 7.80. The van der Waals surface area contributed by atoms with Crippen molar-refractivity contribution in [3.8, 4) is 0 Å². The van der Waals surface area contributed by atoms with Crippen molar-refractivity contribution in [1.29, 1.82) is 0 Å². The van der Waals surface area contributed by atoms with E-state index < -0.39 is 11.6 Å². The monoisotopic (exact) mass is 215 g/mol. The number of halogens is 2. The van der Waals surface area contributed by atoms with Gasteiger partial charge in [-0.25, -0.2) is 8.78 Å². The van der Waals surface area contributed by atoms with Crippen LogP contribution >= 0.6 is 12.6 Å². The first kappa shape index (κ1) is 11.0. The first-order valence-corrected chi connectivity index (χ1v) is 4.81. The lowest BCUT2D eigenvalue weighted by Gasteiger charge is -2.02. The molecular weight excluding hydrogens is 204 g/mol. The van der Waals surface area contributed by atoms with Crippen LogP contribution in [0, 0.1) is 11.6 Å². The summed E-state index contributed by atoms with van der Waals surface area (Å²) in [6, 6.07) is 2.36. The second-order valence-corrected chi connectivity index (χ2v) is 3.23. The minimum absolute atomic E-state index is 0.104. The minimum Gasteiger partial charge on any atom is -0.398 e. The molecule has 0 aliphatic heterocycles. The zero-order valence-electron chi connectivity index (χ0n) is 7.50. The zero-order valence-corrected chi connectivity index (χ0v) is 8.40. The molecule has 0 unspecified atom stereocenters. The maximum absolute atomic E-state index is 13.2. The van der Waals surface area contributed by atoms with Crippen molar-refractivity contribution in [2.24, 2.45) is 0 Å². The highest BCUT2D eigenvalue weighted by Gasteiger charge is 2.08. The summed E-state index contributed by atoms with van der Waals surface area (Å²) in [6.45, 7) is 0. The molecule has 0 atom stereocenters. The Morgan fingerprint density at radius 2 is 2.07 bits per heavy atom. The molecule has 0 spiro atoms. The molecule has 76 valence electrons. The highest BCUT2D eigenvalue weighted by atomic mass is 32.1. The highest BCUT2D eigenvalue weighted by Crippen LogP contribution is 2.20. The van der Waals surface area contributed by atoms with E-state index in [2.05, 4.69) is 12.6 Å². The fraction of sp³-hybridized carbons (Fsp3) is 0.200. The average Bonchev–Trinajstić information content (AvgIpc) is 2.18. The molecule has 0 saturated heterocycles. The molecule has 0 aromatic heterocycles. The predicted molar refractivity (Wildman–Crippen MR) is 58.3 cm³/mol. The third kappa shape index (κ3) is 2.48. The summed E-state index contributed by atoms with van der Waals surface area (Å²) in [7, 11) is 0. The number of hydrogen-bond acceptors (Lipinski definition) is 2. The van der Waals surface area contributed by atoms with E-state index in [0.717, 1.165) is 6.07 Å². The summed E-state index contributed by atoms with van der Waals surface area (Å²) in [5, 5.41) is 0. The zero-order chi connectivity index (χ0) is 10.6. The fourth-order valence-electron chi connectivity index (χ4n) is 1.03. The lowest BCUT2D eigenvalue weighted by Crippen LogP contribution is -1.95. The average molecular weight is 215 g/mol. The van der Waals surface area contributed by atoms with Crippen LogP contribution in [0.5, 0.6) is 0 Å². The van der Waals surface area contributed by atoms with E-state index in [4.69, 9.17) is 5.73 Å². The number of nitrogens with two attached hydrogens (primary N) is 1. The quantitative estimate of drug-likeness (QED) is 0.588. The number of anilines is 1. The van der Waals surface area contributed by atoms with E-state index in [1.807, 2.05) is 0 Å². The van der Waals surface area contributed by atoms with E-state index in [1.165, 1.54) is 12.1 Å². The first-order chi connectivity index (χ1) is 6.66. The molecule has 0 aliphatic carbocycles. The number of hydrogen-bond donors (Lipinski definition) is 2. The Balaban J connectivity index is 3.00. The van der Waals surface area contributed by atoms with Gasteiger partial charge in [0.15, 0.2) is 11.6 Å². The van der Waals surface area contributed by atoms with Crippen molar-refractivity contribution in [2.45, 2.75) is 6.42 Å². The smallest absolute Gasteiger partial charge is 0.168 e. The molecular formula is C10H11F2NS. The Morgan fingerprint density at radius 3 is 2.71 bits per heavy atom. The van der Waals surface area contributed by atoms with Crippen LogP contribution < -0.4 is 5.73 Å². The standard InChI is InChI=1S/C10H11F2NS/c11-8-4-5-9(13)7(10(8)12)3-1-2-6-14/h1,3-5,14H,2,6,13H2. The van der Waals surface area contributed by atoms with Crippen molar-refractivity contribution >= 4 is 24.4 Å². The van der Waals surface area contributed by atoms with Gasteiger partial charge in [0.1, 0.15) is 0 Å². The minimum atomic E-state index is -0.902. The van der Waals surface area contributed by atoms with Gasteiger partial charge in [-0.1, -0.05) is 12.2 Å². The summed E-state index contributed by atoms with van der Waals surface area (Å²) >= 11 is 3.99. The Morgan fingerprint density at radius 1 is 1.36 bits per heavy atom. The van der Waals surface area contributed by atoms with Gasteiger partial charge in [0.25, 0.3) is 0 Å². The maximum Gasteiger partial charge on any atom is 0.168 e. The summed E-state index contributed by atoms with van der Waals surface area (Å²) in [4.78, 5) is 0. The van der Waals surface area contributed by atoms with Gasteiger partial charge in [-0.05, 0) is 24.3 Å². The SMILES string of the molecule is Nc1ccc(F)c(F)c1C=CCCS. The Kier molecular flexibility index (Phi) is 3.95. The van der Waals surface area contributed by atoms with Gasteiger partial charge in [0.2, 0.25) is 0 Å². The van der Waals surface area contributed by atoms with Gasteiger partial charge in [-0.2, -0.15) is 12.6 Å². The summed E-state index contributed by atoms with van der Waals surface area (Å²) in [5.41, 5.74) is 5.83. The van der Waals surface area contributed by atoms with Crippen molar-refractivity contribution in [2.75, 3.05) is 11.5 Å². The molecule has 1 rings (SSSR count). The van der Waals surface area contributed by atoms with E-state index in [-0.39, 0.29) is 11.3 Å². The Bertz CT molecular complexity index is 350. The molecule has 4 heteroatoms. The van der Waals surface area contributed by atoms with Crippen molar-refractivity contribution < 1.29 is 8.78 Å². The van der Waals surface area contributed by atoms with E-state index >= 15 is 0 Å². The normalized spacial score (nSPS) is 11.1. The molecule has 1 aromatic rings. The number of rotatable bonds is 3. The molecule has 0 saturated carbocycles. The maximum atomic E-state index is 13.2. The van der Waals surface area contributed by atoms with Crippen LogP contribution in [0.2, 0.25) is 0 Å². The van der Waals surface area contributed by atoms with E-state index in [0.29, 0.717) is 12.2 Å². The van der Waals surface area contributed by atoms with Crippen LogP contribution in [0.3, 0.4) is 0 Å². The largest absolute Gasteiger partial charge is 0.398 e. The first-order valence-electron chi connectivity index (χ1n) is 4.17. The van der Waals surface area contributed by atoms with E-state index in [1.54, 1.807) is 6.08 Å². The van der Waals surface area contributed by atoms with Crippen LogP contribution in [0.1, 0.15) is 12.0 Å². The van der Waals surface area contributed by atoms with Crippen LogP contribution in [-0.2, 0) is 0 Å². The molecule has 0 aliphatic rings.